The molecule has 7 heteroatoms. The normalized spacial score (nSPS) is 24.8. The summed E-state index contributed by atoms with van der Waals surface area (Å²) in [5, 5.41) is 4.26. The van der Waals surface area contributed by atoms with Gasteiger partial charge in [-0.2, -0.15) is 5.10 Å². The highest BCUT2D eigenvalue weighted by Crippen LogP contribution is 2.40. The lowest BCUT2D eigenvalue weighted by molar-refractivity contribution is 0.215. The van der Waals surface area contributed by atoms with Crippen LogP contribution in [0.2, 0.25) is 0 Å². The van der Waals surface area contributed by atoms with E-state index in [1.54, 1.807) is 0 Å². The first-order valence-corrected chi connectivity index (χ1v) is 8.54. The van der Waals surface area contributed by atoms with Crippen molar-refractivity contribution in [2.24, 2.45) is 12.5 Å². The van der Waals surface area contributed by atoms with Crippen LogP contribution in [0, 0.1) is 11.2 Å². The van der Waals surface area contributed by atoms with Crippen LogP contribution in [0.25, 0.3) is 0 Å². The molecule has 2 aromatic heterocycles. The van der Waals surface area contributed by atoms with Crippen molar-refractivity contribution in [2.45, 2.75) is 25.8 Å². The van der Waals surface area contributed by atoms with Crippen LogP contribution in [0.1, 0.15) is 24.8 Å². The summed E-state index contributed by atoms with van der Waals surface area (Å²) in [6.45, 7) is 5.09. The molecule has 2 fully saturated rings. The first kappa shape index (κ1) is 15.5. The summed E-state index contributed by atoms with van der Waals surface area (Å²) in [5.41, 5.74) is 1.57. The molecule has 0 N–H and O–H groups in total. The van der Waals surface area contributed by atoms with Crippen LogP contribution in [-0.2, 0) is 13.6 Å². The van der Waals surface area contributed by atoms with Gasteiger partial charge in [-0.05, 0) is 25.8 Å². The molecule has 0 saturated carbocycles. The van der Waals surface area contributed by atoms with Crippen molar-refractivity contribution >= 4 is 5.95 Å². The van der Waals surface area contributed by atoms with E-state index in [2.05, 4.69) is 31.1 Å². The van der Waals surface area contributed by atoms with Crippen molar-refractivity contribution in [2.75, 3.05) is 31.1 Å². The molecule has 2 aromatic rings. The van der Waals surface area contributed by atoms with Gasteiger partial charge in [0.05, 0.1) is 18.6 Å². The summed E-state index contributed by atoms with van der Waals surface area (Å²) in [5.74, 6) is 0.273. The Labute approximate surface area is 141 Å². The van der Waals surface area contributed by atoms with E-state index in [0.29, 0.717) is 11.4 Å². The minimum atomic E-state index is -0.381. The molecule has 1 spiro atoms. The molecule has 24 heavy (non-hydrogen) atoms. The Morgan fingerprint density at radius 1 is 1.12 bits per heavy atom. The summed E-state index contributed by atoms with van der Waals surface area (Å²) in [4.78, 5) is 13.1. The third kappa shape index (κ3) is 3.13. The number of halogens is 1. The van der Waals surface area contributed by atoms with Crippen LogP contribution in [0.3, 0.4) is 0 Å². The van der Waals surface area contributed by atoms with Crippen molar-refractivity contribution in [1.29, 1.82) is 0 Å². The summed E-state index contributed by atoms with van der Waals surface area (Å²) >= 11 is 0. The van der Waals surface area contributed by atoms with Crippen LogP contribution in [-0.4, -0.2) is 50.8 Å². The van der Waals surface area contributed by atoms with E-state index in [0.717, 1.165) is 39.1 Å². The molecule has 6 nitrogen and oxygen atoms in total. The second kappa shape index (κ2) is 6.12. The number of rotatable bonds is 3. The second-order valence-corrected chi connectivity index (χ2v) is 7.21. The number of nitrogens with zero attached hydrogens (tertiary/aromatic N) is 6. The minimum Gasteiger partial charge on any atom is -0.340 e. The number of piperidine rings is 1. The average Bonchev–Trinajstić information content (AvgIpc) is 3.15. The Morgan fingerprint density at radius 3 is 2.71 bits per heavy atom. The summed E-state index contributed by atoms with van der Waals surface area (Å²) in [6.07, 6.45) is 10.1. The molecule has 0 aliphatic carbocycles. The fourth-order valence-electron chi connectivity index (χ4n) is 4.15. The number of aryl methyl sites for hydroxylation is 1. The number of hydrogen-bond acceptors (Lipinski definition) is 5. The molecule has 0 radical (unpaired) electrons. The Hall–Kier alpha value is -2.02. The maximum Gasteiger partial charge on any atom is 0.225 e. The zero-order chi connectivity index (χ0) is 16.6. The first-order valence-electron chi connectivity index (χ1n) is 8.54. The molecule has 0 aromatic carbocycles. The van der Waals surface area contributed by atoms with E-state index in [4.69, 9.17) is 0 Å². The van der Waals surface area contributed by atoms with Crippen LogP contribution >= 0.6 is 0 Å². The third-order valence-corrected chi connectivity index (χ3v) is 5.23. The van der Waals surface area contributed by atoms with Crippen LogP contribution in [0.15, 0.2) is 24.8 Å². The monoisotopic (exact) mass is 330 g/mol. The van der Waals surface area contributed by atoms with Gasteiger partial charge in [0, 0.05) is 50.4 Å². The molecule has 0 amide bonds. The maximum atomic E-state index is 13.1. The molecular weight excluding hydrogens is 307 g/mol. The van der Waals surface area contributed by atoms with Crippen molar-refractivity contribution in [3.05, 3.63) is 36.2 Å². The van der Waals surface area contributed by atoms with Crippen molar-refractivity contribution in [3.8, 4) is 0 Å². The molecule has 1 atom stereocenters. The van der Waals surface area contributed by atoms with Gasteiger partial charge in [0.25, 0.3) is 0 Å². The minimum absolute atomic E-state index is 0.304. The molecule has 2 aliphatic rings. The van der Waals surface area contributed by atoms with Gasteiger partial charge in [-0.1, -0.05) is 0 Å². The Morgan fingerprint density at radius 2 is 1.96 bits per heavy atom. The number of anilines is 1. The molecule has 4 rings (SSSR count). The van der Waals surface area contributed by atoms with Gasteiger partial charge in [-0.3, -0.25) is 9.58 Å². The fraction of sp³-hybridized carbons (Fsp3) is 0.588. The Bertz CT molecular complexity index is 699. The molecule has 0 bridgehead atoms. The van der Waals surface area contributed by atoms with E-state index < -0.39 is 0 Å². The quantitative estimate of drug-likeness (QED) is 0.859. The predicted molar refractivity (Wildman–Crippen MR) is 89.0 cm³/mol. The lowest BCUT2D eigenvalue weighted by Gasteiger charge is -2.40. The Balaban J connectivity index is 1.42. The van der Waals surface area contributed by atoms with Crippen molar-refractivity contribution in [3.63, 3.8) is 0 Å². The van der Waals surface area contributed by atoms with E-state index in [9.17, 15) is 4.39 Å². The lowest BCUT2D eigenvalue weighted by atomic mass is 9.79. The van der Waals surface area contributed by atoms with Crippen molar-refractivity contribution < 1.29 is 4.39 Å². The number of hydrogen-bond donors (Lipinski definition) is 0. The number of aromatic nitrogens is 4. The SMILES string of the molecule is Cn1cc(CN2CC[C@]3(CCCN(c4ncc(F)cn4)C3)C2)cn1. The topological polar surface area (TPSA) is 50.1 Å². The Kier molecular flexibility index (Phi) is 3.96. The zero-order valence-electron chi connectivity index (χ0n) is 14.0. The van der Waals surface area contributed by atoms with E-state index in [1.165, 1.54) is 30.8 Å². The molecular formula is C17H23FN6. The standard InChI is InChI=1S/C17H23FN6/c1-22-10-14(7-21-22)11-23-6-4-17(12-23)3-2-5-24(13-17)16-19-8-15(18)9-20-16/h7-10H,2-6,11-13H2,1H3/t17-/m1/s1. The van der Waals surface area contributed by atoms with Crippen LogP contribution in [0.5, 0.6) is 0 Å². The number of likely N-dealkylation sites (tertiary alicyclic amines) is 1. The maximum absolute atomic E-state index is 13.1. The van der Waals surface area contributed by atoms with Gasteiger partial charge in [-0.25, -0.2) is 14.4 Å². The molecule has 0 unspecified atom stereocenters. The zero-order valence-corrected chi connectivity index (χ0v) is 14.0. The predicted octanol–water partition coefficient (Wildman–Crippen LogP) is 1.84. The highest BCUT2D eigenvalue weighted by atomic mass is 19.1. The largest absolute Gasteiger partial charge is 0.340 e. The van der Waals surface area contributed by atoms with Crippen LogP contribution < -0.4 is 4.90 Å². The molecule has 2 saturated heterocycles. The van der Waals surface area contributed by atoms with E-state index in [-0.39, 0.29) is 5.82 Å². The smallest absolute Gasteiger partial charge is 0.225 e. The molecule has 2 aliphatic heterocycles. The van der Waals surface area contributed by atoms with Crippen LogP contribution in [0.4, 0.5) is 10.3 Å². The van der Waals surface area contributed by atoms with E-state index in [1.807, 2.05) is 17.9 Å². The van der Waals surface area contributed by atoms with Gasteiger partial charge in [-0.15, -0.1) is 0 Å². The lowest BCUT2D eigenvalue weighted by Crippen LogP contribution is -2.45. The van der Waals surface area contributed by atoms with Gasteiger partial charge < -0.3 is 4.90 Å². The molecule has 128 valence electrons. The molecule has 4 heterocycles. The second-order valence-electron chi connectivity index (χ2n) is 7.21. The van der Waals surface area contributed by atoms with Gasteiger partial charge in [0.1, 0.15) is 0 Å². The third-order valence-electron chi connectivity index (χ3n) is 5.23. The summed E-state index contributed by atoms with van der Waals surface area (Å²) in [6, 6.07) is 0. The van der Waals surface area contributed by atoms with Gasteiger partial charge in [0.15, 0.2) is 5.82 Å². The van der Waals surface area contributed by atoms with E-state index >= 15 is 0 Å². The fourth-order valence-corrected chi connectivity index (χ4v) is 4.15. The highest BCUT2D eigenvalue weighted by molar-refractivity contribution is 5.30. The summed E-state index contributed by atoms with van der Waals surface area (Å²) < 4.78 is 14.9. The van der Waals surface area contributed by atoms with Gasteiger partial charge in [0.2, 0.25) is 5.95 Å². The average molecular weight is 330 g/mol. The van der Waals surface area contributed by atoms with Crippen molar-refractivity contribution in [1.82, 2.24) is 24.6 Å². The first-order chi connectivity index (χ1) is 11.6. The summed E-state index contributed by atoms with van der Waals surface area (Å²) in [7, 11) is 1.96. The highest BCUT2D eigenvalue weighted by Gasteiger charge is 2.41. The van der Waals surface area contributed by atoms with Gasteiger partial charge >= 0.3 is 0 Å².